The maximum absolute atomic E-state index is 12.0. The highest BCUT2D eigenvalue weighted by Gasteiger charge is 2.09. The average Bonchev–Trinajstić information content (AvgIpc) is 2.61. The van der Waals surface area contributed by atoms with Crippen LogP contribution in [0.25, 0.3) is 0 Å². The lowest BCUT2D eigenvalue weighted by Gasteiger charge is -2.06. The van der Waals surface area contributed by atoms with Gasteiger partial charge in [-0.1, -0.05) is 21.9 Å². The summed E-state index contributed by atoms with van der Waals surface area (Å²) in [5.74, 6) is 2.40. The molecule has 1 amide bonds. The summed E-state index contributed by atoms with van der Waals surface area (Å²) in [6, 6.07) is 10.5. The summed E-state index contributed by atoms with van der Waals surface area (Å²) >= 11 is 3.34. The van der Waals surface area contributed by atoms with Crippen molar-refractivity contribution >= 4 is 33.7 Å². The van der Waals surface area contributed by atoms with E-state index in [-0.39, 0.29) is 17.9 Å². The number of carbonyl (C=O) groups is 1. The number of hydrogen-bond donors (Lipinski definition) is 1. The van der Waals surface area contributed by atoms with Crippen molar-refractivity contribution in [3.8, 4) is 18.1 Å². The Morgan fingerprint density at radius 3 is 2.72 bits per heavy atom. The van der Waals surface area contributed by atoms with Gasteiger partial charge in [0.1, 0.15) is 12.4 Å². The van der Waals surface area contributed by atoms with Crippen LogP contribution in [0.4, 0.5) is 5.69 Å². The van der Waals surface area contributed by atoms with Crippen LogP contribution in [0, 0.1) is 22.5 Å². The third-order valence-corrected chi connectivity index (χ3v) is 3.49. The largest absolute Gasteiger partial charge is 0.480 e. The van der Waals surface area contributed by atoms with E-state index in [0.717, 1.165) is 4.47 Å². The summed E-state index contributed by atoms with van der Waals surface area (Å²) in [6.07, 6.45) is 6.59. The highest BCUT2D eigenvalue weighted by atomic mass is 79.9. The number of hydrogen-bond acceptors (Lipinski definition) is 5. The molecule has 0 aromatic heterocycles. The van der Waals surface area contributed by atoms with Crippen LogP contribution >= 0.6 is 15.9 Å². The molecule has 2 aromatic carbocycles. The monoisotopic (exact) mass is 401 g/mol. The summed E-state index contributed by atoms with van der Waals surface area (Å²) in [4.78, 5) is 22.0. The van der Waals surface area contributed by atoms with Gasteiger partial charge < -0.3 is 4.74 Å². The van der Waals surface area contributed by atoms with Gasteiger partial charge in [0.2, 0.25) is 0 Å². The number of nitro groups is 1. The second-order valence-corrected chi connectivity index (χ2v) is 5.59. The number of ether oxygens (including phenoxy) is 1. The molecule has 0 saturated heterocycles. The fourth-order valence-electron chi connectivity index (χ4n) is 1.83. The first-order chi connectivity index (χ1) is 12.0. The molecule has 1 N–H and O–H groups in total. The van der Waals surface area contributed by atoms with Crippen molar-refractivity contribution in [2.45, 2.75) is 0 Å². The molecule has 0 fully saturated rings. The number of benzene rings is 2. The molecule has 8 heteroatoms. The number of carbonyl (C=O) groups excluding carboxylic acids is 1. The molecule has 0 unspecified atom stereocenters. The molecule has 25 heavy (non-hydrogen) atoms. The number of nitro benzene ring substituents is 1. The molecule has 0 aliphatic heterocycles. The highest BCUT2D eigenvalue weighted by Crippen LogP contribution is 2.21. The number of halogens is 1. The Morgan fingerprint density at radius 2 is 2.08 bits per heavy atom. The Labute approximate surface area is 152 Å². The molecule has 0 radical (unpaired) electrons. The van der Waals surface area contributed by atoms with Gasteiger partial charge in [0, 0.05) is 27.7 Å². The van der Waals surface area contributed by atoms with Gasteiger partial charge in [0.25, 0.3) is 11.6 Å². The van der Waals surface area contributed by atoms with Crippen LogP contribution in [0.1, 0.15) is 15.9 Å². The fourth-order valence-corrected chi connectivity index (χ4v) is 2.21. The van der Waals surface area contributed by atoms with Crippen molar-refractivity contribution < 1.29 is 14.5 Å². The van der Waals surface area contributed by atoms with Crippen LogP contribution < -0.4 is 10.2 Å². The minimum absolute atomic E-state index is 0.0931. The normalized spacial score (nSPS) is 10.2. The Morgan fingerprint density at radius 1 is 1.36 bits per heavy atom. The molecule has 0 aliphatic rings. The maximum atomic E-state index is 12.0. The second kappa shape index (κ2) is 8.61. The van der Waals surface area contributed by atoms with Crippen molar-refractivity contribution in [1.29, 1.82) is 0 Å². The van der Waals surface area contributed by atoms with Crippen molar-refractivity contribution in [2.24, 2.45) is 5.10 Å². The molecule has 0 aliphatic carbocycles. The molecule has 7 nitrogen and oxygen atoms in total. The van der Waals surface area contributed by atoms with Crippen molar-refractivity contribution in [1.82, 2.24) is 5.43 Å². The van der Waals surface area contributed by atoms with Crippen molar-refractivity contribution in [3.63, 3.8) is 0 Å². The summed E-state index contributed by atoms with van der Waals surface area (Å²) < 4.78 is 6.20. The number of non-ortho nitro benzene ring substituents is 1. The van der Waals surface area contributed by atoms with E-state index >= 15 is 0 Å². The van der Waals surface area contributed by atoms with Gasteiger partial charge in [-0.2, -0.15) is 5.10 Å². The van der Waals surface area contributed by atoms with Crippen LogP contribution in [0.3, 0.4) is 0 Å². The first-order valence-corrected chi connectivity index (χ1v) is 7.74. The number of hydrazone groups is 1. The first-order valence-electron chi connectivity index (χ1n) is 6.95. The molecule has 0 saturated carbocycles. The topological polar surface area (TPSA) is 93.8 Å². The summed E-state index contributed by atoms with van der Waals surface area (Å²) in [7, 11) is 0. The van der Waals surface area contributed by atoms with Crippen LogP contribution in [0.2, 0.25) is 0 Å². The van der Waals surface area contributed by atoms with Gasteiger partial charge in [0.15, 0.2) is 0 Å². The van der Waals surface area contributed by atoms with Gasteiger partial charge in [-0.05, 0) is 30.3 Å². The quantitative estimate of drug-likeness (QED) is 0.348. The van der Waals surface area contributed by atoms with Crippen molar-refractivity contribution in [3.05, 3.63) is 68.2 Å². The lowest BCUT2D eigenvalue weighted by molar-refractivity contribution is -0.384. The lowest BCUT2D eigenvalue weighted by atomic mass is 10.2. The zero-order chi connectivity index (χ0) is 18.2. The minimum atomic E-state index is -0.537. The molecule has 0 heterocycles. The third kappa shape index (κ3) is 5.16. The van der Waals surface area contributed by atoms with E-state index in [1.165, 1.54) is 30.5 Å². The van der Waals surface area contributed by atoms with E-state index in [1.54, 1.807) is 18.2 Å². The first kappa shape index (κ1) is 18.2. The van der Waals surface area contributed by atoms with Gasteiger partial charge in [-0.25, -0.2) is 5.43 Å². The zero-order valence-corrected chi connectivity index (χ0v) is 14.4. The Balaban J connectivity index is 2.07. The van der Waals surface area contributed by atoms with Crippen LogP contribution in [-0.2, 0) is 0 Å². The van der Waals surface area contributed by atoms with Crippen LogP contribution in [0.5, 0.6) is 5.75 Å². The van der Waals surface area contributed by atoms with Crippen molar-refractivity contribution in [2.75, 3.05) is 6.61 Å². The SMILES string of the molecule is C#CCOc1ccc(Br)cc1/C=N\NC(=O)c1ccc([N+](=O)[O-])cc1. The molecular formula is C17H12BrN3O4. The molecule has 0 atom stereocenters. The number of nitrogens with one attached hydrogen (secondary N) is 1. The average molecular weight is 402 g/mol. The highest BCUT2D eigenvalue weighted by molar-refractivity contribution is 9.10. The smallest absolute Gasteiger partial charge is 0.271 e. The Bertz CT molecular complexity index is 857. The number of terminal acetylenes is 1. The maximum Gasteiger partial charge on any atom is 0.271 e. The number of rotatable bonds is 6. The second-order valence-electron chi connectivity index (χ2n) is 4.68. The lowest BCUT2D eigenvalue weighted by Crippen LogP contribution is -2.17. The Kier molecular flexibility index (Phi) is 6.26. The molecule has 0 spiro atoms. The van der Waals surface area contributed by atoms with E-state index in [0.29, 0.717) is 11.3 Å². The summed E-state index contributed by atoms with van der Waals surface area (Å²) in [5, 5.41) is 14.5. The molecular weight excluding hydrogens is 390 g/mol. The van der Waals surface area contributed by atoms with E-state index < -0.39 is 10.8 Å². The predicted molar refractivity (Wildman–Crippen MR) is 96.6 cm³/mol. The fraction of sp³-hybridized carbons (Fsp3) is 0.0588. The third-order valence-electron chi connectivity index (χ3n) is 2.99. The summed E-state index contributed by atoms with van der Waals surface area (Å²) in [5.41, 5.74) is 3.13. The van der Waals surface area contributed by atoms with E-state index in [1.807, 2.05) is 0 Å². The van der Waals surface area contributed by atoms with E-state index in [4.69, 9.17) is 11.2 Å². The minimum Gasteiger partial charge on any atom is -0.480 e. The molecule has 2 rings (SSSR count). The standard InChI is InChI=1S/C17H12BrN3O4/c1-2-9-25-16-8-5-14(18)10-13(16)11-19-20-17(22)12-3-6-15(7-4-12)21(23)24/h1,3-8,10-11H,9H2,(H,20,22)/b19-11-. The Hall–Kier alpha value is -3.18. The molecule has 2 aromatic rings. The van der Waals surface area contributed by atoms with Gasteiger partial charge in [-0.3, -0.25) is 14.9 Å². The van der Waals surface area contributed by atoms with Gasteiger partial charge in [0.05, 0.1) is 11.1 Å². The molecule has 126 valence electrons. The van der Waals surface area contributed by atoms with Gasteiger partial charge in [-0.15, -0.1) is 6.42 Å². The molecule has 0 bridgehead atoms. The predicted octanol–water partition coefficient (Wildman–Crippen LogP) is 3.13. The number of amides is 1. The van der Waals surface area contributed by atoms with Gasteiger partial charge >= 0.3 is 0 Å². The number of nitrogens with zero attached hydrogens (tertiary/aromatic N) is 2. The zero-order valence-electron chi connectivity index (χ0n) is 12.8. The van der Waals surface area contributed by atoms with E-state index in [9.17, 15) is 14.9 Å². The van der Waals surface area contributed by atoms with Crippen LogP contribution in [-0.4, -0.2) is 23.7 Å². The van der Waals surface area contributed by atoms with E-state index in [2.05, 4.69) is 32.4 Å². The van der Waals surface area contributed by atoms with Crippen LogP contribution in [0.15, 0.2) is 52.0 Å². The summed E-state index contributed by atoms with van der Waals surface area (Å²) in [6.45, 7) is 0.109.